The van der Waals surface area contributed by atoms with Crippen LogP contribution in [0.5, 0.6) is 0 Å². The Morgan fingerprint density at radius 1 is 1.15 bits per heavy atom. The fraction of sp³-hybridized carbons (Fsp3) is 0.303. The number of nitrogens with one attached hydrogen (secondary N) is 3. The van der Waals surface area contributed by atoms with Gasteiger partial charge in [-0.25, -0.2) is 9.59 Å². The van der Waals surface area contributed by atoms with Crippen molar-refractivity contribution in [1.29, 1.82) is 0 Å². The number of carbonyl (C=O) groups is 3. The number of tetrazole rings is 1. The molecule has 0 aliphatic carbocycles. The lowest BCUT2D eigenvalue weighted by Crippen LogP contribution is -2.34. The molecule has 0 radical (unpaired) electrons. The molecule has 2 bridgehead atoms. The van der Waals surface area contributed by atoms with Gasteiger partial charge in [0.1, 0.15) is 12.4 Å². The summed E-state index contributed by atoms with van der Waals surface area (Å²) in [5.41, 5.74) is 4.12. The number of rotatable bonds is 7. The molecule has 2 atom stereocenters. The van der Waals surface area contributed by atoms with Crippen molar-refractivity contribution in [2.24, 2.45) is 0 Å². The van der Waals surface area contributed by atoms with Crippen molar-refractivity contribution >= 4 is 47.0 Å². The zero-order valence-electron chi connectivity index (χ0n) is 25.7. The molecule has 2 amide bonds. The number of carbonyl (C=O) groups excluding carboxylic acids is 3. The van der Waals surface area contributed by atoms with Gasteiger partial charge in [0.15, 0.2) is 0 Å². The fourth-order valence-electron chi connectivity index (χ4n) is 5.31. The third-order valence-electron chi connectivity index (χ3n) is 7.49. The van der Waals surface area contributed by atoms with Crippen LogP contribution in [0.3, 0.4) is 0 Å². The summed E-state index contributed by atoms with van der Waals surface area (Å²) in [6, 6.07) is 11.0. The summed E-state index contributed by atoms with van der Waals surface area (Å²) in [4.78, 5) is 38.2. The van der Waals surface area contributed by atoms with Crippen LogP contribution in [-0.4, -0.2) is 63.1 Å². The van der Waals surface area contributed by atoms with Crippen LogP contribution in [0.25, 0.3) is 22.9 Å². The van der Waals surface area contributed by atoms with E-state index in [0.29, 0.717) is 70.0 Å². The van der Waals surface area contributed by atoms with Crippen molar-refractivity contribution < 1.29 is 33.8 Å². The third-order valence-corrected chi connectivity index (χ3v) is 7.73. The Bertz CT molecular complexity index is 1780. The SMILES string of the molecule is C.CCOC(=O)[C@H]1CCCC[C@H](NC(=O)/C=C/c2cc(Cl)ccc2-n2cnnn2)c2cc(c[n+](O)c2)-c2ccc(NC(=O)OC)cc2N1. The van der Waals surface area contributed by atoms with E-state index in [1.165, 1.54) is 30.4 Å². The molecule has 4 aromatic rings. The molecule has 252 valence electrons. The highest BCUT2D eigenvalue weighted by Gasteiger charge is 2.25. The standard InChI is InChI=1S/C32H33ClN8O6.CH4/c1-3-47-31(43)27-7-5-4-6-26(37-30(42)13-8-20-15-23(33)9-12-29(20)41-19-34-38-39-41)22-14-21(17-40(45)18-22)25-11-10-24(16-28(25)36-27)35-32(44)46-2;/h8-19,26-27,36H,3-7H2,1-2H3,(H2-,35,37,42,44,45);1H4/p+1/b13-8+;/t26-,27+;/m0./s1. The van der Waals surface area contributed by atoms with Crippen LogP contribution < -0.4 is 20.7 Å². The minimum atomic E-state index is -0.686. The fourth-order valence-corrected chi connectivity index (χ4v) is 5.49. The van der Waals surface area contributed by atoms with E-state index in [4.69, 9.17) is 21.1 Å². The first kappa shape index (κ1) is 35.4. The second kappa shape index (κ2) is 16.4. The van der Waals surface area contributed by atoms with E-state index < -0.39 is 24.1 Å². The molecule has 0 unspecified atom stereocenters. The molecular weight excluding hydrogens is 640 g/mol. The number of benzene rings is 2. The molecule has 0 saturated carbocycles. The van der Waals surface area contributed by atoms with Gasteiger partial charge in [0.2, 0.25) is 18.3 Å². The number of nitrogens with zero attached hydrogens (tertiary/aromatic N) is 5. The van der Waals surface area contributed by atoms with Gasteiger partial charge in [-0.1, -0.05) is 37.9 Å². The van der Waals surface area contributed by atoms with Gasteiger partial charge in [0, 0.05) is 43.9 Å². The predicted octanol–water partition coefficient (Wildman–Crippen LogP) is 5.11. The van der Waals surface area contributed by atoms with Gasteiger partial charge in [0.25, 0.3) is 0 Å². The Hall–Kier alpha value is -5.50. The van der Waals surface area contributed by atoms with Crippen LogP contribution in [0.15, 0.2) is 67.3 Å². The molecule has 15 heteroatoms. The molecule has 0 spiro atoms. The molecule has 48 heavy (non-hydrogen) atoms. The average molecular weight is 678 g/mol. The number of hydrogen-bond donors (Lipinski definition) is 4. The summed E-state index contributed by atoms with van der Waals surface area (Å²) in [5, 5.41) is 31.5. The molecule has 1 aliphatic heterocycles. The molecule has 5 rings (SSSR count). The van der Waals surface area contributed by atoms with Gasteiger partial charge in [0.05, 0.1) is 31.0 Å². The maximum absolute atomic E-state index is 13.3. The second-order valence-electron chi connectivity index (χ2n) is 10.7. The number of fused-ring (bicyclic) bond motifs is 4. The average Bonchev–Trinajstić information content (AvgIpc) is 3.59. The van der Waals surface area contributed by atoms with Gasteiger partial charge in [-0.3, -0.25) is 15.3 Å². The minimum absolute atomic E-state index is 0. The smallest absolute Gasteiger partial charge is 0.411 e. The molecule has 4 N–H and O–H groups in total. The molecular formula is C33H38ClN8O6+. The van der Waals surface area contributed by atoms with Gasteiger partial charge in [-0.05, 0) is 72.7 Å². The van der Waals surface area contributed by atoms with E-state index in [9.17, 15) is 19.6 Å². The number of aromatic nitrogens is 5. The third kappa shape index (κ3) is 8.85. The molecule has 0 saturated heterocycles. The lowest BCUT2D eigenvalue weighted by molar-refractivity contribution is -0.904. The summed E-state index contributed by atoms with van der Waals surface area (Å²) in [6.45, 7) is 1.96. The molecule has 3 heterocycles. The number of methoxy groups -OCH3 is 1. The maximum Gasteiger partial charge on any atom is 0.411 e. The quantitative estimate of drug-likeness (QED) is 0.0891. The highest BCUT2D eigenvalue weighted by Crippen LogP contribution is 2.34. The number of esters is 1. The number of amides is 2. The van der Waals surface area contributed by atoms with Crippen molar-refractivity contribution in [3.05, 3.63) is 83.4 Å². The highest BCUT2D eigenvalue weighted by molar-refractivity contribution is 6.30. The lowest BCUT2D eigenvalue weighted by Gasteiger charge is -2.23. The lowest BCUT2D eigenvalue weighted by atomic mass is 9.95. The zero-order chi connectivity index (χ0) is 33.3. The summed E-state index contributed by atoms with van der Waals surface area (Å²) in [7, 11) is 1.26. The molecule has 1 aliphatic rings. The van der Waals surface area contributed by atoms with Crippen molar-refractivity contribution in [2.45, 2.75) is 52.1 Å². The summed E-state index contributed by atoms with van der Waals surface area (Å²) in [6.07, 6.45) is 9.14. The van der Waals surface area contributed by atoms with Crippen molar-refractivity contribution in [2.75, 3.05) is 24.4 Å². The Morgan fingerprint density at radius 2 is 1.96 bits per heavy atom. The van der Waals surface area contributed by atoms with Gasteiger partial charge in [-0.15, -0.1) is 5.10 Å². The number of ether oxygens (including phenoxy) is 2. The number of anilines is 2. The normalized spacial score (nSPS) is 15.8. The topological polar surface area (TPSA) is 173 Å². The van der Waals surface area contributed by atoms with E-state index in [1.807, 2.05) is 6.07 Å². The maximum atomic E-state index is 13.3. The van der Waals surface area contributed by atoms with Crippen molar-refractivity contribution in [3.8, 4) is 16.8 Å². The summed E-state index contributed by atoms with van der Waals surface area (Å²) >= 11 is 6.23. The number of hydrogen-bond acceptors (Lipinski definition) is 10. The summed E-state index contributed by atoms with van der Waals surface area (Å²) < 4.78 is 12.5. The van der Waals surface area contributed by atoms with Crippen LogP contribution in [0, 0.1) is 0 Å². The van der Waals surface area contributed by atoms with Crippen LogP contribution in [0.4, 0.5) is 16.2 Å². The van der Waals surface area contributed by atoms with E-state index in [2.05, 4.69) is 31.5 Å². The van der Waals surface area contributed by atoms with Crippen molar-refractivity contribution in [1.82, 2.24) is 25.5 Å². The van der Waals surface area contributed by atoms with Crippen molar-refractivity contribution in [3.63, 3.8) is 0 Å². The second-order valence-corrected chi connectivity index (χ2v) is 11.1. The van der Waals surface area contributed by atoms with E-state index in [1.54, 1.807) is 55.6 Å². The van der Waals surface area contributed by atoms with E-state index in [-0.39, 0.29) is 19.9 Å². The Morgan fingerprint density at radius 3 is 2.71 bits per heavy atom. The van der Waals surface area contributed by atoms with E-state index in [0.717, 1.165) is 4.73 Å². The summed E-state index contributed by atoms with van der Waals surface area (Å²) in [5.74, 6) is -0.783. The highest BCUT2D eigenvalue weighted by atomic mass is 35.5. The van der Waals surface area contributed by atoms with Gasteiger partial charge >= 0.3 is 12.1 Å². The van der Waals surface area contributed by atoms with Crippen LogP contribution >= 0.6 is 11.6 Å². The predicted molar refractivity (Wildman–Crippen MR) is 179 cm³/mol. The number of pyridine rings is 1. The minimum Gasteiger partial charge on any atom is -0.464 e. The van der Waals surface area contributed by atoms with Crippen LogP contribution in [0.2, 0.25) is 5.02 Å². The van der Waals surface area contributed by atoms with Crippen LogP contribution in [0.1, 0.15) is 57.2 Å². The first-order chi connectivity index (χ1) is 22.7. The molecule has 2 aromatic heterocycles. The van der Waals surface area contributed by atoms with Gasteiger partial charge in [-0.2, -0.15) is 4.68 Å². The van der Waals surface area contributed by atoms with Gasteiger partial charge < -0.3 is 20.1 Å². The monoisotopic (exact) mass is 677 g/mol. The number of halogens is 1. The molecule has 2 aromatic carbocycles. The largest absolute Gasteiger partial charge is 0.464 e. The zero-order valence-corrected chi connectivity index (χ0v) is 26.5. The first-order valence-corrected chi connectivity index (χ1v) is 15.3. The Labute approximate surface area is 282 Å². The Kier molecular flexibility index (Phi) is 12.1. The Balaban J connectivity index is 0.00000520. The molecule has 0 fully saturated rings. The van der Waals surface area contributed by atoms with E-state index >= 15 is 0 Å². The molecule has 14 nitrogen and oxygen atoms in total. The first-order valence-electron chi connectivity index (χ1n) is 14.9. The van der Waals surface area contributed by atoms with Crippen LogP contribution in [-0.2, 0) is 19.1 Å².